The fourth-order valence-electron chi connectivity index (χ4n) is 2.31. The molecule has 2 rings (SSSR count). The van der Waals surface area contributed by atoms with Crippen molar-refractivity contribution >= 4 is 23.4 Å². The lowest BCUT2D eigenvalue weighted by Gasteiger charge is -2.23. The van der Waals surface area contributed by atoms with Gasteiger partial charge >= 0.3 is 0 Å². The zero-order chi connectivity index (χ0) is 13.9. The molecule has 0 radical (unpaired) electrons. The summed E-state index contributed by atoms with van der Waals surface area (Å²) >= 11 is 1.94. The van der Waals surface area contributed by atoms with Crippen LogP contribution in [0.15, 0.2) is 18.2 Å². The molecule has 0 aliphatic carbocycles. The minimum absolute atomic E-state index is 0.0679. The Kier molecular flexibility index (Phi) is 4.37. The lowest BCUT2D eigenvalue weighted by Crippen LogP contribution is -2.37. The molecule has 0 bridgehead atoms. The number of anilines is 1. The van der Waals surface area contributed by atoms with Gasteiger partial charge in [-0.25, -0.2) is 0 Å². The first-order valence-corrected chi connectivity index (χ1v) is 7.52. The standard InChI is InChI=1S/C14H21N3OS/c1-10-4-5-11(12(8-10)17-15)13(18)16-9-14(2)6-3-7-19-14/h4-5,8,17H,3,6-7,9,15H2,1-2H3,(H,16,18). The number of hydrogen-bond acceptors (Lipinski definition) is 4. The number of thioether (sulfide) groups is 1. The maximum absolute atomic E-state index is 12.2. The van der Waals surface area contributed by atoms with Crippen molar-refractivity contribution in [1.82, 2.24) is 5.32 Å². The van der Waals surface area contributed by atoms with E-state index in [0.717, 1.165) is 12.0 Å². The molecule has 1 unspecified atom stereocenters. The van der Waals surface area contributed by atoms with Crippen LogP contribution in [0.5, 0.6) is 0 Å². The normalized spacial score (nSPS) is 22.3. The molecular formula is C14H21N3OS. The summed E-state index contributed by atoms with van der Waals surface area (Å²) in [5.41, 5.74) is 4.93. The van der Waals surface area contributed by atoms with E-state index in [2.05, 4.69) is 17.7 Å². The summed E-state index contributed by atoms with van der Waals surface area (Å²) in [5, 5.41) is 3.02. The van der Waals surface area contributed by atoms with Crippen LogP contribution in [0.25, 0.3) is 0 Å². The Morgan fingerprint density at radius 1 is 1.53 bits per heavy atom. The van der Waals surface area contributed by atoms with Gasteiger partial charge in [-0.3, -0.25) is 10.6 Å². The van der Waals surface area contributed by atoms with Gasteiger partial charge in [-0.2, -0.15) is 11.8 Å². The van der Waals surface area contributed by atoms with Crippen LogP contribution in [0.4, 0.5) is 5.69 Å². The predicted octanol–water partition coefficient (Wildman–Crippen LogP) is 2.30. The van der Waals surface area contributed by atoms with Crippen LogP contribution >= 0.6 is 11.8 Å². The van der Waals surface area contributed by atoms with Crippen molar-refractivity contribution in [2.24, 2.45) is 5.84 Å². The van der Waals surface area contributed by atoms with Gasteiger partial charge in [0.2, 0.25) is 0 Å². The van der Waals surface area contributed by atoms with Crippen LogP contribution in [0, 0.1) is 6.92 Å². The molecule has 0 spiro atoms. The van der Waals surface area contributed by atoms with Crippen molar-refractivity contribution in [3.8, 4) is 0 Å². The van der Waals surface area contributed by atoms with Crippen molar-refractivity contribution in [3.63, 3.8) is 0 Å². The van der Waals surface area contributed by atoms with Crippen LogP contribution in [-0.4, -0.2) is 23.0 Å². The first-order chi connectivity index (χ1) is 9.04. The fourth-order valence-corrected chi connectivity index (χ4v) is 3.56. The van der Waals surface area contributed by atoms with Crippen LogP contribution < -0.4 is 16.6 Å². The third-order valence-electron chi connectivity index (χ3n) is 3.50. The molecule has 19 heavy (non-hydrogen) atoms. The highest BCUT2D eigenvalue weighted by Crippen LogP contribution is 2.37. The highest BCUT2D eigenvalue weighted by atomic mass is 32.2. The summed E-state index contributed by atoms with van der Waals surface area (Å²) in [6.07, 6.45) is 2.39. The summed E-state index contributed by atoms with van der Waals surface area (Å²) in [6.45, 7) is 4.88. The second-order valence-electron chi connectivity index (χ2n) is 5.28. The van der Waals surface area contributed by atoms with Crippen LogP contribution in [0.1, 0.15) is 35.7 Å². The number of nitrogens with one attached hydrogen (secondary N) is 2. The van der Waals surface area contributed by atoms with Gasteiger partial charge in [0.25, 0.3) is 5.91 Å². The van der Waals surface area contributed by atoms with E-state index >= 15 is 0 Å². The number of carbonyl (C=O) groups is 1. The summed E-state index contributed by atoms with van der Waals surface area (Å²) in [6, 6.07) is 5.60. The Labute approximate surface area is 118 Å². The first kappa shape index (κ1) is 14.2. The van der Waals surface area contributed by atoms with Gasteiger partial charge in [0.1, 0.15) is 0 Å². The van der Waals surface area contributed by atoms with E-state index in [1.54, 1.807) is 0 Å². The van der Waals surface area contributed by atoms with E-state index < -0.39 is 0 Å². The minimum atomic E-state index is -0.0679. The number of amides is 1. The highest BCUT2D eigenvalue weighted by molar-refractivity contribution is 8.00. The molecule has 1 aromatic rings. The van der Waals surface area contributed by atoms with E-state index in [1.807, 2.05) is 36.9 Å². The van der Waals surface area contributed by atoms with Crippen molar-refractivity contribution in [1.29, 1.82) is 0 Å². The minimum Gasteiger partial charge on any atom is -0.351 e. The number of hydrazine groups is 1. The summed E-state index contributed by atoms with van der Waals surface area (Å²) in [7, 11) is 0. The van der Waals surface area contributed by atoms with E-state index in [9.17, 15) is 4.79 Å². The lowest BCUT2D eigenvalue weighted by atomic mass is 10.1. The smallest absolute Gasteiger partial charge is 0.253 e. The Bertz CT molecular complexity index is 470. The molecule has 1 aromatic carbocycles. The molecular weight excluding hydrogens is 258 g/mol. The molecule has 1 heterocycles. The van der Waals surface area contributed by atoms with Crippen molar-refractivity contribution in [2.75, 3.05) is 17.7 Å². The number of benzene rings is 1. The maximum Gasteiger partial charge on any atom is 0.253 e. The number of rotatable bonds is 4. The molecule has 1 saturated heterocycles. The summed E-state index contributed by atoms with van der Waals surface area (Å²) in [4.78, 5) is 12.2. The maximum atomic E-state index is 12.2. The van der Waals surface area contributed by atoms with E-state index in [0.29, 0.717) is 17.8 Å². The largest absolute Gasteiger partial charge is 0.351 e. The van der Waals surface area contributed by atoms with Crippen LogP contribution in [0.2, 0.25) is 0 Å². The number of nitrogen functional groups attached to an aromatic ring is 1. The lowest BCUT2D eigenvalue weighted by molar-refractivity contribution is 0.0950. The Morgan fingerprint density at radius 3 is 2.95 bits per heavy atom. The Balaban J connectivity index is 2.03. The van der Waals surface area contributed by atoms with Gasteiger partial charge in [0, 0.05) is 11.3 Å². The molecule has 0 aromatic heterocycles. The second-order valence-corrected chi connectivity index (χ2v) is 6.96. The molecule has 1 amide bonds. The zero-order valence-corrected chi connectivity index (χ0v) is 12.3. The third-order valence-corrected chi connectivity index (χ3v) is 5.04. The van der Waals surface area contributed by atoms with E-state index in [4.69, 9.17) is 5.84 Å². The third kappa shape index (κ3) is 3.42. The average molecular weight is 279 g/mol. The SMILES string of the molecule is Cc1ccc(C(=O)NCC2(C)CCCS2)c(NN)c1. The van der Waals surface area contributed by atoms with E-state index in [-0.39, 0.29) is 10.7 Å². The van der Waals surface area contributed by atoms with Gasteiger partial charge in [-0.15, -0.1) is 0 Å². The molecule has 1 fully saturated rings. The topological polar surface area (TPSA) is 67.2 Å². The van der Waals surface area contributed by atoms with Gasteiger partial charge < -0.3 is 10.7 Å². The number of carbonyl (C=O) groups excluding carboxylic acids is 1. The van der Waals surface area contributed by atoms with Crippen molar-refractivity contribution in [2.45, 2.75) is 31.4 Å². The van der Waals surface area contributed by atoms with Gasteiger partial charge in [-0.1, -0.05) is 6.07 Å². The Morgan fingerprint density at radius 2 is 2.32 bits per heavy atom. The van der Waals surface area contributed by atoms with E-state index in [1.165, 1.54) is 12.2 Å². The fraction of sp³-hybridized carbons (Fsp3) is 0.500. The van der Waals surface area contributed by atoms with Crippen LogP contribution in [-0.2, 0) is 0 Å². The second kappa shape index (κ2) is 5.84. The molecule has 5 heteroatoms. The quantitative estimate of drug-likeness (QED) is 0.584. The predicted molar refractivity (Wildman–Crippen MR) is 81.4 cm³/mol. The molecule has 104 valence electrons. The van der Waals surface area contributed by atoms with Gasteiger partial charge in [0.05, 0.1) is 11.3 Å². The van der Waals surface area contributed by atoms with Crippen LogP contribution in [0.3, 0.4) is 0 Å². The molecule has 4 nitrogen and oxygen atoms in total. The molecule has 4 N–H and O–H groups in total. The summed E-state index contributed by atoms with van der Waals surface area (Å²) < 4.78 is 0.177. The number of aryl methyl sites for hydroxylation is 1. The number of nitrogens with two attached hydrogens (primary N) is 1. The zero-order valence-electron chi connectivity index (χ0n) is 11.5. The van der Waals surface area contributed by atoms with Crippen molar-refractivity contribution < 1.29 is 4.79 Å². The average Bonchev–Trinajstić information content (AvgIpc) is 2.83. The van der Waals surface area contributed by atoms with Gasteiger partial charge in [0.15, 0.2) is 0 Å². The summed E-state index contributed by atoms with van der Waals surface area (Å²) in [5.74, 6) is 6.59. The molecule has 0 saturated carbocycles. The van der Waals surface area contributed by atoms with Crippen molar-refractivity contribution in [3.05, 3.63) is 29.3 Å². The Hall–Kier alpha value is -1.20. The molecule has 1 aliphatic rings. The molecule has 1 aliphatic heterocycles. The number of hydrogen-bond donors (Lipinski definition) is 3. The monoisotopic (exact) mass is 279 g/mol. The van der Waals surface area contributed by atoms with Gasteiger partial charge in [-0.05, 0) is 50.1 Å². The molecule has 1 atom stereocenters. The highest BCUT2D eigenvalue weighted by Gasteiger charge is 2.30. The first-order valence-electron chi connectivity index (χ1n) is 6.53.